The molecule has 2 saturated heterocycles. The quantitative estimate of drug-likeness (QED) is 0.728. The number of pyridine rings is 1. The van der Waals surface area contributed by atoms with Crippen LogP contribution in [0.3, 0.4) is 0 Å². The predicted octanol–water partition coefficient (Wildman–Crippen LogP) is 3.01. The second-order valence-corrected chi connectivity index (χ2v) is 7.83. The molecule has 0 aliphatic carbocycles. The van der Waals surface area contributed by atoms with Crippen LogP contribution in [0, 0.1) is 0 Å². The van der Waals surface area contributed by atoms with Crippen molar-refractivity contribution in [3.05, 3.63) is 53.7 Å². The van der Waals surface area contributed by atoms with Crippen molar-refractivity contribution in [2.24, 2.45) is 0 Å². The van der Waals surface area contributed by atoms with Gasteiger partial charge in [0.2, 0.25) is 5.91 Å². The number of hydrogen-bond donors (Lipinski definition) is 1. The molecule has 1 N–H and O–H groups in total. The summed E-state index contributed by atoms with van der Waals surface area (Å²) < 4.78 is 46.8. The molecular formula is C22H22F3N5O4. The summed E-state index contributed by atoms with van der Waals surface area (Å²) in [6.07, 6.45) is -4.09. The van der Waals surface area contributed by atoms with E-state index in [4.69, 9.17) is 4.74 Å². The van der Waals surface area contributed by atoms with Crippen LogP contribution in [-0.2, 0) is 22.3 Å². The van der Waals surface area contributed by atoms with E-state index < -0.39 is 29.8 Å². The number of aromatic nitrogens is 1. The fourth-order valence-electron chi connectivity index (χ4n) is 3.78. The Hall–Kier alpha value is -3.83. The number of alkyl halides is 3. The second-order valence-electron chi connectivity index (χ2n) is 7.83. The van der Waals surface area contributed by atoms with Crippen molar-refractivity contribution in [2.75, 3.05) is 42.5 Å². The largest absolute Gasteiger partial charge is 0.445 e. The van der Waals surface area contributed by atoms with E-state index in [0.29, 0.717) is 0 Å². The van der Waals surface area contributed by atoms with Gasteiger partial charge in [0.25, 0.3) is 0 Å². The molecule has 0 spiro atoms. The van der Waals surface area contributed by atoms with E-state index in [9.17, 15) is 27.6 Å². The number of amides is 4. The van der Waals surface area contributed by atoms with Gasteiger partial charge in [0, 0.05) is 39.1 Å². The van der Waals surface area contributed by atoms with Crippen LogP contribution in [0.15, 0.2) is 42.6 Å². The Bertz CT molecular complexity index is 1070. The Morgan fingerprint density at radius 1 is 1.06 bits per heavy atom. The Kier molecular flexibility index (Phi) is 6.57. The summed E-state index contributed by atoms with van der Waals surface area (Å²) in [7, 11) is 0. The number of hydrogen-bond acceptors (Lipinski definition) is 6. The molecule has 0 radical (unpaired) electrons. The molecule has 1 aromatic carbocycles. The van der Waals surface area contributed by atoms with Gasteiger partial charge in [0.05, 0.1) is 11.9 Å². The van der Waals surface area contributed by atoms with Gasteiger partial charge in [-0.3, -0.25) is 15.0 Å². The van der Waals surface area contributed by atoms with Crippen LogP contribution >= 0.6 is 0 Å². The molecule has 2 aromatic rings. The SMILES string of the molecule is O=C1CCN(c2cnc(N3CCN(C(=O)OCc4ccccc4)CC3)c(C(F)(F)F)c2)C(=O)N1. The molecule has 180 valence electrons. The third kappa shape index (κ3) is 5.21. The third-order valence-corrected chi connectivity index (χ3v) is 5.57. The minimum Gasteiger partial charge on any atom is -0.445 e. The maximum atomic E-state index is 13.9. The molecule has 12 heteroatoms. The Labute approximate surface area is 193 Å². The number of rotatable bonds is 4. The van der Waals surface area contributed by atoms with E-state index in [-0.39, 0.29) is 57.3 Å². The molecule has 2 fully saturated rings. The van der Waals surface area contributed by atoms with E-state index in [0.717, 1.165) is 16.5 Å². The van der Waals surface area contributed by atoms with Crippen LogP contribution in [0.25, 0.3) is 0 Å². The molecule has 2 aliphatic heterocycles. The lowest BCUT2D eigenvalue weighted by Gasteiger charge is -2.36. The molecule has 4 amide bonds. The standard InChI is InChI=1S/C22H22F3N5O4/c23-22(24,25)17-12-16(30-7-6-18(31)27-20(30)32)13-26-19(17)28-8-10-29(11-9-28)21(33)34-14-15-4-2-1-3-5-15/h1-5,12-13H,6-11,14H2,(H,27,31,32). The van der Waals surface area contributed by atoms with E-state index in [1.165, 1.54) is 16.0 Å². The fraction of sp³-hybridized carbons (Fsp3) is 0.364. The van der Waals surface area contributed by atoms with Gasteiger partial charge in [-0.25, -0.2) is 14.6 Å². The maximum absolute atomic E-state index is 13.9. The number of nitrogens with one attached hydrogen (secondary N) is 1. The van der Waals surface area contributed by atoms with E-state index in [1.807, 2.05) is 30.3 Å². The van der Waals surface area contributed by atoms with Crippen LogP contribution < -0.4 is 15.1 Å². The molecule has 3 heterocycles. The first kappa shape index (κ1) is 23.3. The average molecular weight is 477 g/mol. The highest BCUT2D eigenvalue weighted by molar-refractivity contribution is 6.05. The van der Waals surface area contributed by atoms with Crippen molar-refractivity contribution in [2.45, 2.75) is 19.2 Å². The van der Waals surface area contributed by atoms with E-state index >= 15 is 0 Å². The van der Waals surface area contributed by atoms with Gasteiger partial charge >= 0.3 is 18.3 Å². The summed E-state index contributed by atoms with van der Waals surface area (Å²) >= 11 is 0. The molecule has 34 heavy (non-hydrogen) atoms. The highest BCUT2D eigenvalue weighted by Gasteiger charge is 2.38. The number of ether oxygens (including phenoxy) is 1. The van der Waals surface area contributed by atoms with Crippen LogP contribution in [0.4, 0.5) is 34.3 Å². The zero-order valence-electron chi connectivity index (χ0n) is 18.0. The molecule has 9 nitrogen and oxygen atoms in total. The van der Waals surface area contributed by atoms with Crippen molar-refractivity contribution in [3.8, 4) is 0 Å². The van der Waals surface area contributed by atoms with Gasteiger partial charge in [-0.15, -0.1) is 0 Å². The third-order valence-electron chi connectivity index (χ3n) is 5.57. The molecule has 1 aromatic heterocycles. The minimum atomic E-state index is -4.72. The number of benzene rings is 1. The highest BCUT2D eigenvalue weighted by Crippen LogP contribution is 2.38. The van der Waals surface area contributed by atoms with Crippen molar-refractivity contribution < 1.29 is 32.3 Å². The summed E-state index contributed by atoms with van der Waals surface area (Å²) in [5.74, 6) is -0.760. The molecular weight excluding hydrogens is 455 g/mol. The number of carbonyl (C=O) groups is 3. The lowest BCUT2D eigenvalue weighted by Crippen LogP contribution is -2.50. The fourth-order valence-corrected chi connectivity index (χ4v) is 3.78. The van der Waals surface area contributed by atoms with E-state index in [2.05, 4.69) is 10.3 Å². The number of urea groups is 1. The zero-order valence-corrected chi connectivity index (χ0v) is 18.0. The number of carbonyl (C=O) groups excluding carboxylic acids is 3. The Balaban J connectivity index is 1.43. The van der Waals surface area contributed by atoms with Crippen molar-refractivity contribution in [1.82, 2.24) is 15.2 Å². The molecule has 0 saturated carbocycles. The number of nitrogens with zero attached hydrogens (tertiary/aromatic N) is 4. The zero-order chi connectivity index (χ0) is 24.3. The van der Waals surface area contributed by atoms with Crippen LogP contribution in [0.5, 0.6) is 0 Å². The number of halogens is 3. The number of anilines is 2. The van der Waals surface area contributed by atoms with E-state index in [1.54, 1.807) is 0 Å². The van der Waals surface area contributed by atoms with Gasteiger partial charge in [0.15, 0.2) is 0 Å². The maximum Gasteiger partial charge on any atom is 0.420 e. The summed E-state index contributed by atoms with van der Waals surface area (Å²) in [6.45, 7) is 0.683. The van der Waals surface area contributed by atoms with Crippen molar-refractivity contribution >= 4 is 29.5 Å². The first-order valence-electron chi connectivity index (χ1n) is 10.6. The van der Waals surface area contributed by atoms with Gasteiger partial charge in [-0.2, -0.15) is 13.2 Å². The van der Waals surface area contributed by atoms with Crippen LogP contribution in [0.1, 0.15) is 17.5 Å². The highest BCUT2D eigenvalue weighted by atomic mass is 19.4. The monoisotopic (exact) mass is 477 g/mol. The first-order chi connectivity index (χ1) is 16.2. The van der Waals surface area contributed by atoms with Gasteiger partial charge in [0.1, 0.15) is 18.0 Å². The number of piperazine rings is 1. The molecule has 4 rings (SSSR count). The Morgan fingerprint density at radius 2 is 1.76 bits per heavy atom. The lowest BCUT2D eigenvalue weighted by atomic mass is 10.1. The summed E-state index contributed by atoms with van der Waals surface area (Å²) in [5, 5.41) is 2.08. The summed E-state index contributed by atoms with van der Waals surface area (Å²) in [6, 6.07) is 9.22. The molecule has 0 bridgehead atoms. The van der Waals surface area contributed by atoms with Gasteiger partial charge in [-0.05, 0) is 11.6 Å². The normalized spacial score (nSPS) is 17.0. The number of imide groups is 1. The molecule has 0 unspecified atom stereocenters. The topological polar surface area (TPSA) is 95.1 Å². The summed E-state index contributed by atoms with van der Waals surface area (Å²) in [4.78, 5) is 43.6. The smallest absolute Gasteiger partial charge is 0.420 e. The predicted molar refractivity (Wildman–Crippen MR) is 115 cm³/mol. The minimum absolute atomic E-state index is 0.0167. The molecule has 2 aliphatic rings. The van der Waals surface area contributed by atoms with Gasteiger partial charge < -0.3 is 14.5 Å². The van der Waals surface area contributed by atoms with Crippen molar-refractivity contribution in [3.63, 3.8) is 0 Å². The van der Waals surface area contributed by atoms with Gasteiger partial charge in [-0.1, -0.05) is 30.3 Å². The van der Waals surface area contributed by atoms with Crippen LogP contribution in [-0.4, -0.2) is 60.6 Å². The average Bonchev–Trinajstić information content (AvgIpc) is 2.82. The Morgan fingerprint density at radius 3 is 2.41 bits per heavy atom. The van der Waals surface area contributed by atoms with Crippen molar-refractivity contribution in [1.29, 1.82) is 0 Å². The lowest BCUT2D eigenvalue weighted by molar-refractivity contribution is -0.137. The second kappa shape index (κ2) is 9.57. The first-order valence-corrected chi connectivity index (χ1v) is 10.6. The summed E-state index contributed by atoms with van der Waals surface area (Å²) in [5.41, 5.74) is -0.209. The van der Waals surface area contributed by atoms with Crippen LogP contribution in [0.2, 0.25) is 0 Å². The molecule has 0 atom stereocenters.